The third-order valence-corrected chi connectivity index (χ3v) is 19.9. The fraction of sp³-hybridized carbons (Fsp3) is 0. The molecule has 0 aliphatic heterocycles. The van der Waals surface area contributed by atoms with Gasteiger partial charge in [-0.15, -0.1) is 0 Å². The summed E-state index contributed by atoms with van der Waals surface area (Å²) >= 11 is 0. The molecular weight excluding hydrogens is 1400 g/mol. The third kappa shape index (κ3) is 12.6. The molecule has 0 aliphatic carbocycles. The number of rotatable bonds is 13. The Kier molecular flexibility index (Phi) is 16.8. The first-order chi connectivity index (χ1) is 55.9. The van der Waals surface area contributed by atoms with Crippen molar-refractivity contribution in [3.8, 4) is 148 Å². The molecule has 7 heterocycles. The molecular formula is C97H57N13O3. The van der Waals surface area contributed by atoms with E-state index in [0.717, 1.165) is 121 Å². The molecule has 16 nitrogen and oxygen atoms in total. The second-order valence-corrected chi connectivity index (χ2v) is 26.8. The number of hydrogen-bond donors (Lipinski definition) is 0. The van der Waals surface area contributed by atoms with Gasteiger partial charge in [0.15, 0.2) is 75.6 Å². The normalized spacial score (nSPS) is 11.4. The first-order valence-electron chi connectivity index (χ1n) is 36.7. The van der Waals surface area contributed by atoms with Crippen LogP contribution in [0.5, 0.6) is 0 Å². The monoisotopic (exact) mass is 1450 g/mol. The zero-order chi connectivity index (χ0) is 75.1. The van der Waals surface area contributed by atoms with Gasteiger partial charge in [-0.2, -0.15) is 0 Å². The van der Waals surface area contributed by atoms with E-state index in [-0.39, 0.29) is 0 Å². The van der Waals surface area contributed by atoms with Crippen LogP contribution in [0, 0.1) is 6.57 Å². The van der Waals surface area contributed by atoms with Gasteiger partial charge in [0.05, 0.1) is 23.3 Å². The minimum absolute atomic E-state index is 0.505. The quantitative estimate of drug-likeness (QED) is 0.0987. The first-order valence-corrected chi connectivity index (χ1v) is 36.7. The third-order valence-electron chi connectivity index (χ3n) is 19.9. The van der Waals surface area contributed by atoms with Crippen molar-refractivity contribution in [3.05, 3.63) is 357 Å². The Morgan fingerprint density at radius 2 is 0.416 bits per heavy atom. The summed E-state index contributed by atoms with van der Waals surface area (Å²) in [7, 11) is 0. The van der Waals surface area contributed by atoms with Gasteiger partial charge in [-0.3, -0.25) is 0 Å². The van der Waals surface area contributed by atoms with E-state index in [1.807, 2.05) is 328 Å². The van der Waals surface area contributed by atoms with Crippen LogP contribution in [0.4, 0.5) is 5.69 Å². The predicted octanol–water partition coefficient (Wildman–Crippen LogP) is 24.0. The number of hydrogen-bond acceptors (Lipinski definition) is 15. The summed E-state index contributed by atoms with van der Waals surface area (Å²) in [5, 5.41) is 5.56. The Morgan fingerprint density at radius 1 is 0.177 bits per heavy atom. The second kappa shape index (κ2) is 28.6. The summed E-state index contributed by atoms with van der Waals surface area (Å²) in [4.78, 5) is 63.9. The van der Waals surface area contributed by atoms with Crippen LogP contribution in [-0.4, -0.2) is 59.8 Å². The molecule has 14 aromatic carbocycles. The van der Waals surface area contributed by atoms with Gasteiger partial charge in [-0.1, -0.05) is 309 Å². The molecule has 0 saturated carbocycles. The molecule has 0 fully saturated rings. The number of benzene rings is 14. The zero-order valence-corrected chi connectivity index (χ0v) is 59.9. The van der Waals surface area contributed by atoms with Gasteiger partial charge in [-0.05, 0) is 47.5 Å². The Morgan fingerprint density at radius 3 is 0.796 bits per heavy atom. The van der Waals surface area contributed by atoms with Gasteiger partial charge in [0, 0.05) is 82.4 Å². The van der Waals surface area contributed by atoms with Crippen molar-refractivity contribution in [2.75, 3.05) is 0 Å². The molecule has 0 unspecified atom stereocenters. The molecule has 528 valence electrons. The topological polar surface area (TPSA) is 198 Å². The van der Waals surface area contributed by atoms with Crippen molar-refractivity contribution >= 4 is 71.5 Å². The summed E-state index contributed by atoms with van der Waals surface area (Å²) in [6, 6.07) is 113. The van der Waals surface area contributed by atoms with Crippen molar-refractivity contribution in [1.29, 1.82) is 0 Å². The standard InChI is InChI=1S/C49H29N7O.C48H28N6O2/c1-50-40-25-12-11-21-36(40)31-27-29-35(30-28-31)47-52-44(32-15-5-2-6-16-32)53-48(54-47)38-23-14-26-41-42(38)37-22-13-24-39(43(37)57-41)49-55-45(33-17-7-3-8-18-33)51-46(56-49)34-19-9-4-10-20-34;1-4-15-29(16-5-1)43-49-44(30-17-6-2-7-18-30)52-47(51-43)37-26-13-23-34-40-35(24-14-28-39(40)56-42(34)37)46-50-45(31-19-8-3-9-20-31)53-48(54-46)36-25-12-22-33-32-21-10-11-27-38(32)55-41(33)36/h2-30H;1-28H. The lowest BCUT2D eigenvalue weighted by molar-refractivity contribution is 0.669. The highest BCUT2D eigenvalue weighted by Gasteiger charge is 2.26. The van der Waals surface area contributed by atoms with E-state index in [0.29, 0.717) is 97.9 Å². The van der Waals surface area contributed by atoms with E-state index in [4.69, 9.17) is 79.6 Å². The molecule has 0 N–H and O–H groups in total. The van der Waals surface area contributed by atoms with Gasteiger partial charge < -0.3 is 13.3 Å². The molecule has 113 heavy (non-hydrogen) atoms. The minimum Gasteiger partial charge on any atom is -0.455 e. The van der Waals surface area contributed by atoms with Gasteiger partial charge in [0.2, 0.25) is 0 Å². The lowest BCUT2D eigenvalue weighted by Gasteiger charge is -2.10. The highest BCUT2D eigenvalue weighted by Crippen LogP contribution is 2.44. The summed E-state index contributed by atoms with van der Waals surface area (Å²) in [5.74, 6) is 6.48. The molecule has 0 radical (unpaired) electrons. The average Bonchev–Trinajstić information content (AvgIpc) is 1.62. The molecule has 0 saturated heterocycles. The van der Waals surface area contributed by atoms with E-state index >= 15 is 0 Å². The van der Waals surface area contributed by atoms with Crippen molar-refractivity contribution in [2.24, 2.45) is 0 Å². The van der Waals surface area contributed by atoms with Crippen LogP contribution in [0.15, 0.2) is 359 Å². The van der Waals surface area contributed by atoms with Gasteiger partial charge in [0.1, 0.15) is 33.5 Å². The van der Waals surface area contributed by atoms with Crippen LogP contribution in [0.3, 0.4) is 0 Å². The Balaban J connectivity index is 0.000000147. The zero-order valence-electron chi connectivity index (χ0n) is 59.9. The molecule has 0 atom stereocenters. The van der Waals surface area contributed by atoms with Crippen LogP contribution in [0.2, 0.25) is 0 Å². The van der Waals surface area contributed by atoms with Crippen molar-refractivity contribution in [3.63, 3.8) is 0 Å². The number of para-hydroxylation sites is 5. The molecule has 7 aromatic heterocycles. The van der Waals surface area contributed by atoms with Crippen molar-refractivity contribution in [1.82, 2.24) is 59.8 Å². The van der Waals surface area contributed by atoms with E-state index in [9.17, 15) is 0 Å². The average molecular weight is 1450 g/mol. The molecule has 0 amide bonds. The number of furan rings is 3. The Bertz CT molecular complexity index is 7130. The van der Waals surface area contributed by atoms with E-state index in [1.165, 1.54) is 0 Å². The molecule has 0 aliphatic rings. The molecule has 0 spiro atoms. The van der Waals surface area contributed by atoms with Crippen molar-refractivity contribution in [2.45, 2.75) is 0 Å². The number of nitrogens with zero attached hydrogens (tertiary/aromatic N) is 13. The van der Waals surface area contributed by atoms with E-state index in [2.05, 4.69) is 23.0 Å². The summed E-state index contributed by atoms with van der Waals surface area (Å²) in [5.41, 5.74) is 16.7. The first kappa shape index (κ1) is 66.4. The molecule has 16 heteroatoms. The highest BCUT2D eigenvalue weighted by molar-refractivity contribution is 6.16. The van der Waals surface area contributed by atoms with Crippen LogP contribution >= 0.6 is 0 Å². The lowest BCUT2D eigenvalue weighted by Crippen LogP contribution is -2.00. The maximum atomic E-state index is 7.64. The van der Waals surface area contributed by atoms with Crippen LogP contribution in [-0.2, 0) is 0 Å². The minimum atomic E-state index is 0.505. The number of aromatic nitrogens is 12. The van der Waals surface area contributed by atoms with Crippen LogP contribution < -0.4 is 0 Å². The second-order valence-electron chi connectivity index (χ2n) is 26.8. The van der Waals surface area contributed by atoms with Gasteiger partial charge in [0.25, 0.3) is 0 Å². The summed E-state index contributed by atoms with van der Waals surface area (Å²) < 4.78 is 19.9. The largest absolute Gasteiger partial charge is 0.455 e. The molecule has 0 bridgehead atoms. The van der Waals surface area contributed by atoms with Crippen molar-refractivity contribution < 1.29 is 13.3 Å². The predicted molar refractivity (Wildman–Crippen MR) is 445 cm³/mol. The smallest absolute Gasteiger partial charge is 0.194 e. The molecule has 21 aromatic rings. The Hall–Kier alpha value is -16.0. The summed E-state index contributed by atoms with van der Waals surface area (Å²) in [6.45, 7) is 7.64. The fourth-order valence-electron chi connectivity index (χ4n) is 14.5. The summed E-state index contributed by atoms with van der Waals surface area (Å²) in [6.07, 6.45) is 0. The van der Waals surface area contributed by atoms with E-state index < -0.39 is 0 Å². The lowest BCUT2D eigenvalue weighted by atomic mass is 10.0. The Labute approximate surface area is 645 Å². The van der Waals surface area contributed by atoms with Gasteiger partial charge >= 0.3 is 0 Å². The highest BCUT2D eigenvalue weighted by atomic mass is 16.3. The maximum absolute atomic E-state index is 7.64. The number of fused-ring (bicyclic) bond motifs is 9. The van der Waals surface area contributed by atoms with Gasteiger partial charge in [-0.25, -0.2) is 64.7 Å². The molecule has 21 rings (SSSR count). The van der Waals surface area contributed by atoms with Crippen LogP contribution in [0.1, 0.15) is 0 Å². The van der Waals surface area contributed by atoms with Crippen LogP contribution in [0.25, 0.3) is 218 Å². The fourth-order valence-corrected chi connectivity index (χ4v) is 14.5. The van der Waals surface area contributed by atoms with E-state index in [1.54, 1.807) is 0 Å². The maximum Gasteiger partial charge on any atom is 0.194 e. The SMILES string of the molecule is [C-]#[N+]c1ccccc1-c1ccc(-c2nc(-c3ccccc3)nc(-c3cccc4oc5c(-c6nc(-c7ccccc7)nc(-c7ccccc7)n6)cccc5c34)n2)cc1.c1ccc(-c2nc(-c3ccccc3)nc(-c3cccc4c3oc3cccc(-c5nc(-c6ccccc6)nc(-c6cccc7c6oc6ccccc67)n5)c34)n2)cc1.